The summed E-state index contributed by atoms with van der Waals surface area (Å²) in [4.78, 5) is 34.4. The summed E-state index contributed by atoms with van der Waals surface area (Å²) in [7, 11) is 0. The van der Waals surface area contributed by atoms with E-state index < -0.39 is 17.9 Å². The standard InChI is InChI=1S/C10H18N4O4/c11-9(17)12-3-4-13-10(18)14-5-1-2-7(6-14)8(15)16/h7H,1-6H2,(H,13,18)(H,15,16)(H3,11,12,17)/t7-/m1/s1. The van der Waals surface area contributed by atoms with E-state index in [-0.39, 0.29) is 25.7 Å². The molecule has 8 heteroatoms. The number of likely N-dealkylation sites (tertiary alicyclic amines) is 1. The minimum atomic E-state index is -0.872. The first-order valence-corrected chi connectivity index (χ1v) is 5.79. The largest absolute Gasteiger partial charge is 0.481 e. The number of nitrogens with two attached hydrogens (primary N) is 1. The number of primary amides is 1. The van der Waals surface area contributed by atoms with Gasteiger partial charge in [-0.15, -0.1) is 0 Å². The number of urea groups is 2. The Morgan fingerprint density at radius 2 is 1.94 bits per heavy atom. The van der Waals surface area contributed by atoms with Gasteiger partial charge < -0.3 is 26.4 Å². The van der Waals surface area contributed by atoms with E-state index in [4.69, 9.17) is 10.8 Å². The maximum absolute atomic E-state index is 11.7. The smallest absolute Gasteiger partial charge is 0.317 e. The van der Waals surface area contributed by atoms with Crippen molar-refractivity contribution >= 4 is 18.0 Å². The van der Waals surface area contributed by atoms with Gasteiger partial charge in [0.15, 0.2) is 0 Å². The van der Waals surface area contributed by atoms with E-state index in [1.807, 2.05) is 0 Å². The number of carboxylic acid groups (broad SMARTS) is 1. The van der Waals surface area contributed by atoms with Crippen molar-refractivity contribution in [3.63, 3.8) is 0 Å². The zero-order chi connectivity index (χ0) is 13.5. The van der Waals surface area contributed by atoms with Crippen molar-refractivity contribution in [2.45, 2.75) is 12.8 Å². The third-order valence-corrected chi connectivity index (χ3v) is 2.76. The number of nitrogens with one attached hydrogen (secondary N) is 2. The maximum atomic E-state index is 11.7. The second-order valence-electron chi connectivity index (χ2n) is 4.15. The zero-order valence-corrected chi connectivity index (χ0v) is 10.0. The van der Waals surface area contributed by atoms with Crippen molar-refractivity contribution in [3.05, 3.63) is 0 Å². The highest BCUT2D eigenvalue weighted by Crippen LogP contribution is 2.16. The van der Waals surface area contributed by atoms with Gasteiger partial charge in [-0.3, -0.25) is 4.79 Å². The lowest BCUT2D eigenvalue weighted by atomic mass is 9.99. The van der Waals surface area contributed by atoms with Crippen molar-refractivity contribution in [3.8, 4) is 0 Å². The molecule has 18 heavy (non-hydrogen) atoms. The van der Waals surface area contributed by atoms with Crippen LogP contribution in [-0.4, -0.2) is 54.2 Å². The molecule has 0 aromatic heterocycles. The highest BCUT2D eigenvalue weighted by molar-refractivity contribution is 5.76. The first-order valence-electron chi connectivity index (χ1n) is 5.79. The van der Waals surface area contributed by atoms with E-state index in [9.17, 15) is 14.4 Å². The third-order valence-electron chi connectivity index (χ3n) is 2.76. The summed E-state index contributed by atoms with van der Waals surface area (Å²) in [5.74, 6) is -1.36. The van der Waals surface area contributed by atoms with Crippen LogP contribution in [0.25, 0.3) is 0 Å². The molecule has 0 saturated carbocycles. The van der Waals surface area contributed by atoms with Gasteiger partial charge >= 0.3 is 18.0 Å². The number of hydrogen-bond donors (Lipinski definition) is 4. The van der Waals surface area contributed by atoms with Crippen molar-refractivity contribution in [1.29, 1.82) is 0 Å². The molecule has 1 aliphatic rings. The molecule has 5 N–H and O–H groups in total. The number of amides is 4. The van der Waals surface area contributed by atoms with Gasteiger partial charge in [0.05, 0.1) is 5.92 Å². The predicted octanol–water partition coefficient (Wildman–Crippen LogP) is -0.839. The van der Waals surface area contributed by atoms with Gasteiger partial charge in [0, 0.05) is 26.2 Å². The van der Waals surface area contributed by atoms with Crippen LogP contribution < -0.4 is 16.4 Å². The first kappa shape index (κ1) is 14.1. The van der Waals surface area contributed by atoms with Gasteiger partial charge in [-0.05, 0) is 12.8 Å². The molecular weight excluding hydrogens is 240 g/mol. The molecule has 1 aliphatic heterocycles. The monoisotopic (exact) mass is 258 g/mol. The molecule has 4 amide bonds. The summed E-state index contributed by atoms with van der Waals surface area (Å²) in [5, 5.41) is 13.8. The number of rotatable bonds is 4. The fraction of sp³-hybridized carbons (Fsp3) is 0.700. The van der Waals surface area contributed by atoms with Crippen molar-refractivity contribution < 1.29 is 19.5 Å². The average molecular weight is 258 g/mol. The Hall–Kier alpha value is -1.99. The van der Waals surface area contributed by atoms with Crippen LogP contribution in [0.15, 0.2) is 0 Å². The first-order chi connectivity index (χ1) is 8.50. The van der Waals surface area contributed by atoms with Crippen LogP contribution in [0.1, 0.15) is 12.8 Å². The lowest BCUT2D eigenvalue weighted by molar-refractivity contribution is -0.143. The lowest BCUT2D eigenvalue weighted by Crippen LogP contribution is -2.48. The number of carboxylic acids is 1. The van der Waals surface area contributed by atoms with Gasteiger partial charge in [-0.1, -0.05) is 0 Å². The Balaban J connectivity index is 2.28. The molecule has 1 fully saturated rings. The summed E-state index contributed by atoms with van der Waals surface area (Å²) in [6.45, 7) is 1.29. The van der Waals surface area contributed by atoms with Crippen molar-refractivity contribution in [1.82, 2.24) is 15.5 Å². The lowest BCUT2D eigenvalue weighted by Gasteiger charge is -2.30. The number of carbonyl (C=O) groups excluding carboxylic acids is 2. The number of nitrogens with zero attached hydrogens (tertiary/aromatic N) is 1. The maximum Gasteiger partial charge on any atom is 0.317 e. The highest BCUT2D eigenvalue weighted by atomic mass is 16.4. The van der Waals surface area contributed by atoms with E-state index in [1.54, 1.807) is 0 Å². The summed E-state index contributed by atoms with van der Waals surface area (Å²) < 4.78 is 0. The second-order valence-corrected chi connectivity index (χ2v) is 4.15. The van der Waals surface area contributed by atoms with E-state index >= 15 is 0 Å². The average Bonchev–Trinajstić information content (AvgIpc) is 2.34. The summed E-state index contributed by atoms with van der Waals surface area (Å²) in [6.07, 6.45) is 1.28. The molecule has 0 bridgehead atoms. The van der Waals surface area contributed by atoms with Crippen LogP contribution in [0.5, 0.6) is 0 Å². The van der Waals surface area contributed by atoms with Crippen LogP contribution in [0.3, 0.4) is 0 Å². The molecule has 0 radical (unpaired) electrons. The van der Waals surface area contributed by atoms with Crippen LogP contribution in [0.2, 0.25) is 0 Å². The molecule has 0 aromatic rings. The van der Waals surface area contributed by atoms with Crippen LogP contribution in [0.4, 0.5) is 9.59 Å². The van der Waals surface area contributed by atoms with E-state index in [1.165, 1.54) is 4.90 Å². The molecule has 1 rings (SSSR count). The molecule has 1 heterocycles. The molecule has 8 nitrogen and oxygen atoms in total. The predicted molar refractivity (Wildman–Crippen MR) is 62.9 cm³/mol. The Kier molecular flexibility index (Phi) is 5.22. The fourth-order valence-electron chi connectivity index (χ4n) is 1.83. The van der Waals surface area contributed by atoms with Crippen LogP contribution in [0, 0.1) is 5.92 Å². The normalized spacial score (nSPS) is 19.1. The number of carbonyl (C=O) groups is 3. The van der Waals surface area contributed by atoms with E-state index in [0.717, 1.165) is 0 Å². The number of hydrogen-bond acceptors (Lipinski definition) is 3. The SMILES string of the molecule is NC(=O)NCCNC(=O)N1CCC[C@@H](C(=O)O)C1. The van der Waals surface area contributed by atoms with Gasteiger partial charge in [-0.25, -0.2) is 9.59 Å². The minimum absolute atomic E-state index is 0.227. The Bertz CT molecular complexity index is 334. The van der Waals surface area contributed by atoms with Crippen molar-refractivity contribution in [2.24, 2.45) is 11.7 Å². The molecule has 1 saturated heterocycles. The summed E-state index contributed by atoms with van der Waals surface area (Å²) in [5.41, 5.74) is 4.87. The van der Waals surface area contributed by atoms with E-state index in [2.05, 4.69) is 10.6 Å². The summed E-state index contributed by atoms with van der Waals surface area (Å²) in [6, 6.07) is -0.958. The quantitative estimate of drug-likeness (QED) is 0.491. The minimum Gasteiger partial charge on any atom is -0.481 e. The highest BCUT2D eigenvalue weighted by Gasteiger charge is 2.27. The molecule has 0 unspecified atom stereocenters. The molecule has 0 spiro atoms. The number of aliphatic carboxylic acids is 1. The Morgan fingerprint density at radius 1 is 1.28 bits per heavy atom. The third kappa shape index (κ3) is 4.48. The van der Waals surface area contributed by atoms with Crippen LogP contribution >= 0.6 is 0 Å². The van der Waals surface area contributed by atoms with Crippen molar-refractivity contribution in [2.75, 3.05) is 26.2 Å². The van der Waals surface area contributed by atoms with Gasteiger partial charge in [0.2, 0.25) is 0 Å². The van der Waals surface area contributed by atoms with Crippen LogP contribution in [-0.2, 0) is 4.79 Å². The summed E-state index contributed by atoms with van der Waals surface area (Å²) >= 11 is 0. The van der Waals surface area contributed by atoms with Gasteiger partial charge in [-0.2, -0.15) is 0 Å². The second kappa shape index (κ2) is 6.67. The molecule has 0 aliphatic carbocycles. The Morgan fingerprint density at radius 3 is 2.56 bits per heavy atom. The number of piperidine rings is 1. The molecule has 1 atom stereocenters. The molecule has 0 aromatic carbocycles. The van der Waals surface area contributed by atoms with Gasteiger partial charge in [0.25, 0.3) is 0 Å². The molecular formula is C10H18N4O4. The Labute approximate surface area is 104 Å². The van der Waals surface area contributed by atoms with E-state index in [0.29, 0.717) is 19.4 Å². The zero-order valence-electron chi connectivity index (χ0n) is 10.0. The fourth-order valence-corrected chi connectivity index (χ4v) is 1.83. The topological polar surface area (TPSA) is 125 Å². The van der Waals surface area contributed by atoms with Gasteiger partial charge in [0.1, 0.15) is 0 Å². The molecule has 102 valence electrons.